The van der Waals surface area contributed by atoms with Crippen LogP contribution in [0.4, 0.5) is 0 Å². The van der Waals surface area contributed by atoms with Gasteiger partial charge in [0.2, 0.25) is 0 Å². The van der Waals surface area contributed by atoms with E-state index < -0.39 is 0 Å². The molecule has 1 unspecified atom stereocenters. The molecule has 0 radical (unpaired) electrons. The van der Waals surface area contributed by atoms with Crippen molar-refractivity contribution in [1.29, 1.82) is 0 Å². The van der Waals surface area contributed by atoms with Crippen molar-refractivity contribution in [2.75, 3.05) is 7.05 Å². The molecular formula is C19H22BrN. The lowest BCUT2D eigenvalue weighted by atomic mass is 9.79. The van der Waals surface area contributed by atoms with Crippen LogP contribution in [0, 0.1) is 6.92 Å². The summed E-state index contributed by atoms with van der Waals surface area (Å²) < 4.78 is 1.15. The summed E-state index contributed by atoms with van der Waals surface area (Å²) in [4.78, 5) is 0. The molecule has 0 saturated heterocycles. The van der Waals surface area contributed by atoms with Gasteiger partial charge in [0.05, 0.1) is 6.04 Å². The fraction of sp³-hybridized carbons (Fsp3) is 0.368. The van der Waals surface area contributed by atoms with Crippen LogP contribution in [0.3, 0.4) is 0 Å². The highest BCUT2D eigenvalue weighted by atomic mass is 79.9. The Balaban J connectivity index is 1.95. The highest BCUT2D eigenvalue weighted by molar-refractivity contribution is 9.10. The van der Waals surface area contributed by atoms with Gasteiger partial charge in [-0.2, -0.15) is 0 Å². The molecule has 0 amide bonds. The highest BCUT2D eigenvalue weighted by Crippen LogP contribution is 2.37. The van der Waals surface area contributed by atoms with Crippen molar-refractivity contribution >= 4 is 15.9 Å². The third-order valence-electron chi connectivity index (χ3n) is 4.51. The number of rotatable bonds is 4. The van der Waals surface area contributed by atoms with Crippen LogP contribution >= 0.6 is 15.9 Å². The molecular weight excluding hydrogens is 322 g/mol. The van der Waals surface area contributed by atoms with Gasteiger partial charge >= 0.3 is 0 Å². The van der Waals surface area contributed by atoms with E-state index in [0.717, 1.165) is 10.4 Å². The van der Waals surface area contributed by atoms with Crippen LogP contribution in [-0.2, 0) is 0 Å². The third-order valence-corrected chi connectivity index (χ3v) is 4.96. The van der Waals surface area contributed by atoms with Gasteiger partial charge in [-0.1, -0.05) is 52.7 Å². The highest BCUT2D eigenvalue weighted by Gasteiger charge is 2.21. The maximum Gasteiger partial charge on any atom is 0.0574 e. The molecule has 1 N–H and O–H groups in total. The van der Waals surface area contributed by atoms with E-state index in [0.29, 0.717) is 0 Å². The fourth-order valence-corrected chi connectivity index (χ4v) is 3.82. The van der Waals surface area contributed by atoms with Gasteiger partial charge in [-0.25, -0.2) is 0 Å². The maximum atomic E-state index is 3.61. The molecule has 2 heteroatoms. The van der Waals surface area contributed by atoms with Gasteiger partial charge in [-0.05, 0) is 67.1 Å². The molecule has 0 aliphatic heterocycles. The normalized spacial score (nSPS) is 16.5. The Morgan fingerprint density at radius 2 is 1.90 bits per heavy atom. The lowest BCUT2D eigenvalue weighted by Gasteiger charge is -2.27. The van der Waals surface area contributed by atoms with E-state index in [1.165, 1.54) is 41.5 Å². The zero-order chi connectivity index (χ0) is 14.8. The summed E-state index contributed by atoms with van der Waals surface area (Å²) in [6, 6.07) is 16.0. The Hall–Kier alpha value is -1.12. The van der Waals surface area contributed by atoms with Gasteiger partial charge in [0, 0.05) is 4.47 Å². The predicted octanol–water partition coefficient (Wildman–Crippen LogP) is 5.33. The molecule has 0 aromatic heterocycles. The van der Waals surface area contributed by atoms with Crippen molar-refractivity contribution in [2.45, 2.75) is 38.1 Å². The molecule has 1 atom stereocenters. The topological polar surface area (TPSA) is 12.0 Å². The molecule has 110 valence electrons. The number of nitrogens with one attached hydrogen (secondary N) is 1. The quantitative estimate of drug-likeness (QED) is 0.790. The predicted molar refractivity (Wildman–Crippen MR) is 92.8 cm³/mol. The first-order valence-corrected chi connectivity index (χ1v) is 8.51. The number of aryl methyl sites for hydroxylation is 1. The minimum atomic E-state index is 0.251. The van der Waals surface area contributed by atoms with E-state index >= 15 is 0 Å². The maximum absolute atomic E-state index is 3.61. The Bertz CT molecular complexity index is 611. The van der Waals surface area contributed by atoms with Crippen molar-refractivity contribution in [2.24, 2.45) is 0 Å². The van der Waals surface area contributed by atoms with Crippen LogP contribution in [0.15, 0.2) is 46.9 Å². The molecule has 2 aromatic rings. The average Bonchev–Trinajstić information content (AvgIpc) is 2.37. The van der Waals surface area contributed by atoms with Gasteiger partial charge in [-0.15, -0.1) is 0 Å². The zero-order valence-electron chi connectivity index (χ0n) is 12.7. The average molecular weight is 344 g/mol. The van der Waals surface area contributed by atoms with E-state index in [9.17, 15) is 0 Å². The van der Waals surface area contributed by atoms with Crippen molar-refractivity contribution < 1.29 is 0 Å². The lowest BCUT2D eigenvalue weighted by Crippen LogP contribution is -2.18. The van der Waals surface area contributed by atoms with Crippen molar-refractivity contribution in [1.82, 2.24) is 5.32 Å². The number of benzene rings is 2. The van der Waals surface area contributed by atoms with Gasteiger partial charge in [-0.3, -0.25) is 0 Å². The second-order valence-electron chi connectivity index (χ2n) is 6.08. The van der Waals surface area contributed by atoms with E-state index in [1.807, 2.05) is 7.05 Å². The Kier molecular flexibility index (Phi) is 4.46. The Morgan fingerprint density at radius 3 is 2.52 bits per heavy atom. The van der Waals surface area contributed by atoms with Crippen molar-refractivity contribution in [3.63, 3.8) is 0 Å². The molecule has 1 aliphatic carbocycles. The third kappa shape index (κ3) is 3.22. The summed E-state index contributed by atoms with van der Waals surface area (Å²) >= 11 is 3.61. The van der Waals surface area contributed by atoms with E-state index in [2.05, 4.69) is 70.6 Å². The second kappa shape index (κ2) is 6.33. The molecule has 0 spiro atoms. The monoisotopic (exact) mass is 343 g/mol. The summed E-state index contributed by atoms with van der Waals surface area (Å²) in [7, 11) is 2.04. The number of hydrogen-bond donors (Lipinski definition) is 1. The smallest absolute Gasteiger partial charge is 0.0574 e. The largest absolute Gasteiger partial charge is 0.309 e. The van der Waals surface area contributed by atoms with E-state index in [1.54, 1.807) is 0 Å². The van der Waals surface area contributed by atoms with Gasteiger partial charge < -0.3 is 5.32 Å². The molecule has 2 aromatic carbocycles. The first kappa shape index (κ1) is 14.8. The Labute approximate surface area is 135 Å². The molecule has 21 heavy (non-hydrogen) atoms. The van der Waals surface area contributed by atoms with Crippen molar-refractivity contribution in [3.05, 3.63) is 69.2 Å². The first-order chi connectivity index (χ1) is 10.2. The Morgan fingerprint density at radius 1 is 1.10 bits per heavy atom. The summed E-state index contributed by atoms with van der Waals surface area (Å²) in [5.74, 6) is 0.784. The summed E-state index contributed by atoms with van der Waals surface area (Å²) in [5, 5.41) is 3.47. The standard InChI is InChI=1S/C19H22BrN/c1-13-9-17(12-18(20)10-13)19(21-2)16-8-4-7-15(11-16)14-5-3-6-14/h4,7-12,14,19,21H,3,5-6H2,1-2H3. The van der Waals surface area contributed by atoms with Crippen LogP contribution in [0.2, 0.25) is 0 Å². The van der Waals surface area contributed by atoms with Gasteiger partial charge in [0.25, 0.3) is 0 Å². The molecule has 3 rings (SSSR count). The fourth-order valence-electron chi connectivity index (χ4n) is 3.19. The summed E-state index contributed by atoms with van der Waals surface area (Å²) in [5.41, 5.74) is 5.47. The molecule has 0 heterocycles. The molecule has 1 fully saturated rings. The first-order valence-electron chi connectivity index (χ1n) is 7.71. The van der Waals surface area contributed by atoms with Crippen LogP contribution in [0.25, 0.3) is 0 Å². The SMILES string of the molecule is CNC(c1cc(C)cc(Br)c1)c1cccc(C2CCC2)c1. The van der Waals surface area contributed by atoms with Crippen molar-refractivity contribution in [3.8, 4) is 0 Å². The minimum Gasteiger partial charge on any atom is -0.309 e. The van der Waals surface area contributed by atoms with Crippen LogP contribution in [0.5, 0.6) is 0 Å². The second-order valence-corrected chi connectivity index (χ2v) is 7.00. The molecule has 1 saturated carbocycles. The molecule has 1 nitrogen and oxygen atoms in total. The molecule has 0 bridgehead atoms. The van der Waals surface area contributed by atoms with Gasteiger partial charge in [0.1, 0.15) is 0 Å². The molecule has 1 aliphatic rings. The van der Waals surface area contributed by atoms with Crippen LogP contribution in [-0.4, -0.2) is 7.05 Å². The summed E-state index contributed by atoms with van der Waals surface area (Å²) in [6.07, 6.45) is 4.09. The zero-order valence-corrected chi connectivity index (χ0v) is 14.3. The lowest BCUT2D eigenvalue weighted by molar-refractivity contribution is 0.419. The van der Waals surface area contributed by atoms with E-state index in [-0.39, 0.29) is 6.04 Å². The van der Waals surface area contributed by atoms with E-state index in [4.69, 9.17) is 0 Å². The van der Waals surface area contributed by atoms with Crippen LogP contribution in [0.1, 0.15) is 53.5 Å². The number of halogens is 1. The van der Waals surface area contributed by atoms with Crippen LogP contribution < -0.4 is 5.32 Å². The summed E-state index contributed by atoms with van der Waals surface area (Å²) in [6.45, 7) is 2.14. The number of hydrogen-bond acceptors (Lipinski definition) is 1. The van der Waals surface area contributed by atoms with Gasteiger partial charge in [0.15, 0.2) is 0 Å². The minimum absolute atomic E-state index is 0.251.